The van der Waals surface area contributed by atoms with E-state index in [1.54, 1.807) is 12.1 Å². The highest BCUT2D eigenvalue weighted by Crippen LogP contribution is 2.39. The number of amides is 4. The molecule has 11 heteroatoms. The number of nitrogens with one attached hydrogen (secondary N) is 2. The Morgan fingerprint density at radius 2 is 1.91 bits per heavy atom. The molecule has 1 saturated carbocycles. The largest absolute Gasteiger partial charge is 0.351 e. The summed E-state index contributed by atoms with van der Waals surface area (Å²) < 4.78 is 41.0. The Hall–Kier alpha value is -3.27. The average Bonchev–Trinajstić information content (AvgIpc) is 3.09. The summed E-state index contributed by atoms with van der Waals surface area (Å²) in [6, 6.07) is 7.73. The number of hydrogen-bond donors (Lipinski definition) is 2. The minimum absolute atomic E-state index is 0.0221. The summed E-state index contributed by atoms with van der Waals surface area (Å²) >= 11 is 6.38. The van der Waals surface area contributed by atoms with E-state index in [-0.39, 0.29) is 22.8 Å². The van der Waals surface area contributed by atoms with Crippen molar-refractivity contribution in [3.63, 3.8) is 0 Å². The third-order valence-electron chi connectivity index (χ3n) is 5.99. The topological polar surface area (TPSA) is 81.8 Å². The van der Waals surface area contributed by atoms with Crippen LogP contribution < -0.4 is 15.5 Å². The highest BCUT2D eigenvalue weighted by Gasteiger charge is 2.48. The highest BCUT2D eigenvalue weighted by molar-refractivity contribution is 6.31. The molecule has 7 nitrogen and oxygen atoms in total. The van der Waals surface area contributed by atoms with Crippen LogP contribution in [0, 0.1) is 5.82 Å². The summed E-state index contributed by atoms with van der Waals surface area (Å²) in [6.07, 6.45) is -1.04. The second-order valence-electron chi connectivity index (χ2n) is 8.39. The number of alkyl halides is 2. The van der Waals surface area contributed by atoms with Gasteiger partial charge >= 0.3 is 6.03 Å². The Labute approximate surface area is 198 Å². The highest BCUT2D eigenvalue weighted by atomic mass is 35.5. The van der Waals surface area contributed by atoms with Crippen molar-refractivity contribution in [2.75, 3.05) is 18.5 Å². The molecule has 0 aromatic heterocycles. The van der Waals surface area contributed by atoms with Crippen LogP contribution in [-0.2, 0) is 9.59 Å². The first-order valence-corrected chi connectivity index (χ1v) is 11.0. The molecule has 0 spiro atoms. The number of benzene rings is 2. The van der Waals surface area contributed by atoms with Crippen molar-refractivity contribution >= 4 is 35.1 Å². The maximum absolute atomic E-state index is 14.2. The lowest BCUT2D eigenvalue weighted by molar-refractivity contribution is -0.133. The van der Waals surface area contributed by atoms with E-state index in [0.717, 1.165) is 11.0 Å². The Morgan fingerprint density at radius 3 is 2.50 bits per heavy atom. The van der Waals surface area contributed by atoms with E-state index in [0.29, 0.717) is 0 Å². The molecule has 4 rings (SSSR count). The zero-order valence-electron chi connectivity index (χ0n) is 18.1. The van der Waals surface area contributed by atoms with Gasteiger partial charge in [0.05, 0.1) is 0 Å². The fourth-order valence-corrected chi connectivity index (χ4v) is 4.41. The molecule has 1 aliphatic carbocycles. The molecule has 180 valence electrons. The molecule has 4 amide bonds. The molecule has 0 radical (unpaired) electrons. The van der Waals surface area contributed by atoms with Crippen molar-refractivity contribution in [2.24, 2.45) is 0 Å². The van der Waals surface area contributed by atoms with Crippen molar-refractivity contribution in [1.82, 2.24) is 15.5 Å². The zero-order chi connectivity index (χ0) is 24.6. The maximum atomic E-state index is 14.2. The van der Waals surface area contributed by atoms with Gasteiger partial charge in [-0.15, -0.1) is 0 Å². The normalized spacial score (nSPS) is 20.3. The fourth-order valence-electron chi connectivity index (χ4n) is 4.17. The minimum atomic E-state index is -2.87. The Balaban J connectivity index is 1.79. The van der Waals surface area contributed by atoms with Crippen molar-refractivity contribution < 1.29 is 27.6 Å². The first kappa shape index (κ1) is 23.9. The predicted molar refractivity (Wildman–Crippen MR) is 119 cm³/mol. The van der Waals surface area contributed by atoms with Gasteiger partial charge in [0.15, 0.2) is 0 Å². The molecular weight excluding hydrogens is 473 g/mol. The molecule has 2 fully saturated rings. The number of carbonyl (C=O) groups excluding carboxylic acids is 3. The first-order chi connectivity index (χ1) is 16.1. The van der Waals surface area contributed by atoms with Crippen LogP contribution in [0.3, 0.4) is 0 Å². The number of urea groups is 1. The van der Waals surface area contributed by atoms with Gasteiger partial charge in [-0.1, -0.05) is 35.9 Å². The molecule has 2 aromatic rings. The molecule has 2 N–H and O–H groups in total. The van der Waals surface area contributed by atoms with Crippen LogP contribution in [0.15, 0.2) is 48.5 Å². The molecule has 1 aliphatic heterocycles. The van der Waals surface area contributed by atoms with Crippen LogP contribution in [0.25, 0.3) is 0 Å². The van der Waals surface area contributed by atoms with Crippen LogP contribution in [0.5, 0.6) is 0 Å². The van der Waals surface area contributed by atoms with Gasteiger partial charge in [0.25, 0.3) is 11.8 Å². The van der Waals surface area contributed by atoms with E-state index in [4.69, 9.17) is 11.6 Å². The zero-order valence-corrected chi connectivity index (χ0v) is 18.9. The summed E-state index contributed by atoms with van der Waals surface area (Å²) in [5.41, 5.74) is 0.280. The summed E-state index contributed by atoms with van der Waals surface area (Å²) in [4.78, 5) is 41.5. The van der Waals surface area contributed by atoms with E-state index in [1.165, 1.54) is 42.3 Å². The number of likely N-dealkylation sites (N-methyl/N-ethyl adjacent to an activating group) is 1. The van der Waals surface area contributed by atoms with Gasteiger partial charge in [0.1, 0.15) is 17.9 Å². The van der Waals surface area contributed by atoms with Gasteiger partial charge in [-0.2, -0.15) is 0 Å². The molecule has 1 unspecified atom stereocenters. The van der Waals surface area contributed by atoms with Crippen LogP contribution in [0.1, 0.15) is 24.4 Å². The predicted octanol–water partition coefficient (Wildman–Crippen LogP) is 3.49. The summed E-state index contributed by atoms with van der Waals surface area (Å²) in [7, 11) is 1.43. The molecule has 2 atom stereocenters. The first-order valence-electron chi connectivity index (χ1n) is 10.6. The summed E-state index contributed by atoms with van der Waals surface area (Å²) in [6.45, 7) is -0.0221. The van der Waals surface area contributed by atoms with Crippen LogP contribution in [0.4, 0.5) is 23.7 Å². The monoisotopic (exact) mass is 494 g/mol. The van der Waals surface area contributed by atoms with Crippen LogP contribution in [0.2, 0.25) is 5.02 Å². The number of halogens is 4. The van der Waals surface area contributed by atoms with Gasteiger partial charge in [-0.3, -0.25) is 14.5 Å². The summed E-state index contributed by atoms with van der Waals surface area (Å²) in [5.74, 6) is -4.92. The Morgan fingerprint density at radius 1 is 1.21 bits per heavy atom. The molecule has 0 bridgehead atoms. The lowest BCUT2D eigenvalue weighted by Gasteiger charge is -2.39. The standard InChI is InChI=1S/C23H22ClF3N4O3/c1-30-18(12-28-22(30)34)21(33)31(15-6-4-5-13(25)9-15)19(16-7-2-3-8-17(16)24)20(32)29-14-10-23(26,27)11-14/h2-9,14,18-19H,10-12H2,1H3,(H,28,34)(H,29,32)/t18-,19?/m0/s1. The van der Waals surface area contributed by atoms with E-state index >= 15 is 0 Å². The van der Waals surface area contributed by atoms with Crippen LogP contribution in [-0.4, -0.2) is 54.3 Å². The Bertz CT molecular complexity index is 1120. The maximum Gasteiger partial charge on any atom is 0.317 e. The number of carbonyl (C=O) groups is 3. The third kappa shape index (κ3) is 4.68. The SMILES string of the molecule is CN1C(=O)NC[C@H]1C(=O)N(c1cccc(F)c1)C(C(=O)NC1CC(F)(F)C1)c1ccccc1Cl. The van der Waals surface area contributed by atoms with E-state index in [2.05, 4.69) is 10.6 Å². The number of rotatable bonds is 6. The lowest BCUT2D eigenvalue weighted by atomic mass is 9.87. The Kier molecular flexibility index (Phi) is 6.44. The van der Waals surface area contributed by atoms with Gasteiger partial charge in [0, 0.05) is 48.7 Å². The minimum Gasteiger partial charge on any atom is -0.351 e. The van der Waals surface area contributed by atoms with E-state index in [1.807, 2.05) is 0 Å². The van der Waals surface area contributed by atoms with Gasteiger partial charge in [0.2, 0.25) is 5.91 Å². The van der Waals surface area contributed by atoms with Gasteiger partial charge in [-0.25, -0.2) is 18.0 Å². The van der Waals surface area contributed by atoms with Crippen LogP contribution >= 0.6 is 11.6 Å². The van der Waals surface area contributed by atoms with Crippen molar-refractivity contribution in [2.45, 2.75) is 36.9 Å². The second kappa shape index (κ2) is 9.17. The number of nitrogens with zero attached hydrogens (tertiary/aromatic N) is 2. The molecule has 2 aliphatic rings. The average molecular weight is 495 g/mol. The molecule has 1 heterocycles. The van der Waals surface area contributed by atoms with Gasteiger partial charge in [-0.05, 0) is 24.3 Å². The number of anilines is 1. The quantitative estimate of drug-likeness (QED) is 0.645. The lowest BCUT2D eigenvalue weighted by Crippen LogP contribution is -2.56. The fraction of sp³-hybridized carbons (Fsp3) is 0.348. The van der Waals surface area contributed by atoms with Crippen molar-refractivity contribution in [1.29, 1.82) is 0 Å². The molecular formula is C23H22ClF3N4O3. The van der Waals surface area contributed by atoms with E-state index < -0.39 is 60.6 Å². The second-order valence-corrected chi connectivity index (χ2v) is 8.80. The number of hydrogen-bond acceptors (Lipinski definition) is 3. The molecule has 2 aromatic carbocycles. The van der Waals surface area contributed by atoms with E-state index in [9.17, 15) is 27.6 Å². The third-order valence-corrected chi connectivity index (χ3v) is 6.33. The van der Waals surface area contributed by atoms with Gasteiger partial charge < -0.3 is 15.5 Å². The van der Waals surface area contributed by atoms with Crippen molar-refractivity contribution in [3.8, 4) is 0 Å². The molecule has 34 heavy (non-hydrogen) atoms. The molecule has 1 saturated heterocycles. The smallest absolute Gasteiger partial charge is 0.317 e. The summed E-state index contributed by atoms with van der Waals surface area (Å²) in [5, 5.41) is 5.28. The van der Waals surface area contributed by atoms with Crippen molar-refractivity contribution in [3.05, 3.63) is 64.9 Å².